The van der Waals surface area contributed by atoms with Gasteiger partial charge in [0.05, 0.1) is 5.92 Å². The molecule has 0 spiro atoms. The third kappa shape index (κ3) is 2.38. The molecule has 4 nitrogen and oxygen atoms in total. The lowest BCUT2D eigenvalue weighted by Gasteiger charge is -2.30. The molecule has 114 valence electrons. The van der Waals surface area contributed by atoms with Crippen molar-refractivity contribution in [3.63, 3.8) is 0 Å². The van der Waals surface area contributed by atoms with Crippen LogP contribution in [0.4, 0.5) is 0 Å². The maximum atomic E-state index is 12.4. The van der Waals surface area contributed by atoms with Crippen molar-refractivity contribution in [2.45, 2.75) is 38.5 Å². The number of hydrogen-bond donors (Lipinski definition) is 1. The molecule has 6 heteroatoms. The number of aryl methyl sites for hydroxylation is 1. The molecule has 1 aliphatic carbocycles. The first-order chi connectivity index (χ1) is 10.6. The van der Waals surface area contributed by atoms with Gasteiger partial charge in [0.15, 0.2) is 5.78 Å². The van der Waals surface area contributed by atoms with Crippen molar-refractivity contribution >= 4 is 33.0 Å². The molecule has 0 bridgehead atoms. The van der Waals surface area contributed by atoms with Crippen LogP contribution in [0.1, 0.15) is 41.9 Å². The van der Waals surface area contributed by atoms with Crippen LogP contribution >= 0.6 is 27.3 Å². The third-order valence-corrected chi connectivity index (χ3v) is 6.30. The molecule has 0 saturated carbocycles. The fourth-order valence-corrected chi connectivity index (χ4v) is 4.99. The second-order valence-electron chi connectivity index (χ2n) is 5.31. The quantitative estimate of drug-likeness (QED) is 0.846. The number of hydrogen-bond acceptors (Lipinski definition) is 5. The Bertz CT molecular complexity index is 755. The molecular weight excluding hydrogens is 364 g/mol. The van der Waals surface area contributed by atoms with Crippen LogP contribution in [0.2, 0.25) is 0 Å². The highest BCUT2D eigenvalue weighted by atomic mass is 79.9. The topological polar surface area (TPSA) is 76.1 Å². The lowest BCUT2D eigenvalue weighted by Crippen LogP contribution is -2.26. The summed E-state index contributed by atoms with van der Waals surface area (Å²) in [7, 11) is 0. The Morgan fingerprint density at radius 3 is 2.95 bits per heavy atom. The van der Waals surface area contributed by atoms with E-state index in [1.165, 1.54) is 4.88 Å². The molecule has 3 rings (SSSR count). The predicted molar refractivity (Wildman–Crippen MR) is 87.9 cm³/mol. The van der Waals surface area contributed by atoms with E-state index >= 15 is 0 Å². The number of nitrogens with zero attached hydrogens (tertiary/aromatic N) is 1. The normalized spacial score (nSPS) is 21.5. The minimum Gasteiger partial charge on any atom is -0.444 e. The second kappa shape index (κ2) is 5.90. The van der Waals surface area contributed by atoms with Gasteiger partial charge in [0.2, 0.25) is 5.88 Å². The average Bonchev–Trinajstić information content (AvgIpc) is 2.87. The standard InChI is InChI=1S/C16H15BrN2O2S/c1-2-12-9(17)6-13(22-12)14-8(7-18)16(19)21-11-5-3-4-10(20)15(11)14/h6,14H,2-5,19H2,1H3/t14-/m0/s1. The number of allylic oxidation sites excluding steroid dienone is 3. The van der Waals surface area contributed by atoms with Crippen LogP contribution in [0.25, 0.3) is 0 Å². The van der Waals surface area contributed by atoms with E-state index in [0.29, 0.717) is 29.7 Å². The number of carbonyl (C=O) groups excluding carboxylic acids is 1. The summed E-state index contributed by atoms with van der Waals surface area (Å²) in [5, 5.41) is 9.49. The lowest BCUT2D eigenvalue weighted by atomic mass is 9.80. The van der Waals surface area contributed by atoms with Crippen LogP contribution < -0.4 is 5.73 Å². The van der Waals surface area contributed by atoms with Crippen molar-refractivity contribution in [1.29, 1.82) is 5.26 Å². The molecule has 2 heterocycles. The Labute approximate surface area is 141 Å². The Morgan fingerprint density at radius 1 is 1.55 bits per heavy atom. The molecule has 1 atom stereocenters. The summed E-state index contributed by atoms with van der Waals surface area (Å²) in [5.74, 6) is 0.445. The van der Waals surface area contributed by atoms with Gasteiger partial charge in [-0.15, -0.1) is 11.3 Å². The number of nitrogens with two attached hydrogens (primary N) is 1. The zero-order chi connectivity index (χ0) is 15.9. The molecule has 0 saturated heterocycles. The Balaban J connectivity index is 2.17. The van der Waals surface area contributed by atoms with Crippen LogP contribution in [-0.2, 0) is 16.0 Å². The molecule has 0 unspecified atom stereocenters. The van der Waals surface area contributed by atoms with Gasteiger partial charge in [0, 0.05) is 32.6 Å². The Hall–Kier alpha value is -1.58. The number of carbonyl (C=O) groups is 1. The molecule has 0 fully saturated rings. The average molecular weight is 379 g/mol. The van der Waals surface area contributed by atoms with Crippen LogP contribution in [-0.4, -0.2) is 5.78 Å². The maximum Gasteiger partial charge on any atom is 0.205 e. The lowest BCUT2D eigenvalue weighted by molar-refractivity contribution is -0.116. The highest BCUT2D eigenvalue weighted by molar-refractivity contribution is 9.10. The van der Waals surface area contributed by atoms with Crippen LogP contribution in [0, 0.1) is 11.3 Å². The minimum absolute atomic E-state index is 0.0640. The third-order valence-electron chi connectivity index (χ3n) is 3.99. The van der Waals surface area contributed by atoms with Gasteiger partial charge in [-0.2, -0.15) is 5.26 Å². The van der Waals surface area contributed by atoms with Crippen molar-refractivity contribution in [2.75, 3.05) is 0 Å². The number of Topliss-reactive ketones (excluding diaryl/α,β-unsaturated/α-hetero) is 1. The summed E-state index contributed by atoms with van der Waals surface area (Å²) in [5.41, 5.74) is 6.89. The van der Waals surface area contributed by atoms with E-state index in [1.807, 2.05) is 6.07 Å². The van der Waals surface area contributed by atoms with E-state index < -0.39 is 0 Å². The van der Waals surface area contributed by atoms with Gasteiger partial charge in [-0.05, 0) is 34.8 Å². The van der Waals surface area contributed by atoms with Crippen molar-refractivity contribution < 1.29 is 9.53 Å². The summed E-state index contributed by atoms with van der Waals surface area (Å²) < 4.78 is 6.58. The number of ketones is 1. The van der Waals surface area contributed by atoms with Gasteiger partial charge >= 0.3 is 0 Å². The minimum atomic E-state index is -0.386. The van der Waals surface area contributed by atoms with Crippen molar-refractivity contribution in [2.24, 2.45) is 5.73 Å². The van der Waals surface area contributed by atoms with Gasteiger partial charge in [-0.25, -0.2) is 0 Å². The van der Waals surface area contributed by atoms with Gasteiger partial charge in [-0.1, -0.05) is 6.92 Å². The van der Waals surface area contributed by atoms with E-state index in [1.54, 1.807) is 11.3 Å². The Kier molecular flexibility index (Phi) is 4.11. The first-order valence-electron chi connectivity index (χ1n) is 7.18. The summed E-state index contributed by atoms with van der Waals surface area (Å²) >= 11 is 5.17. The summed E-state index contributed by atoms with van der Waals surface area (Å²) in [6, 6.07) is 4.13. The fourth-order valence-electron chi connectivity index (χ4n) is 2.95. The molecule has 0 amide bonds. The number of nitriles is 1. The second-order valence-corrected chi connectivity index (χ2v) is 7.33. The molecule has 1 aliphatic heterocycles. The van der Waals surface area contributed by atoms with E-state index in [0.717, 1.165) is 22.2 Å². The van der Waals surface area contributed by atoms with Crippen molar-refractivity contribution in [1.82, 2.24) is 0 Å². The fraction of sp³-hybridized carbons (Fsp3) is 0.375. The van der Waals surface area contributed by atoms with Crippen LogP contribution in [0.3, 0.4) is 0 Å². The number of halogens is 1. The van der Waals surface area contributed by atoms with Gasteiger partial charge in [-0.3, -0.25) is 4.79 Å². The SMILES string of the molecule is CCc1sc([C@@H]2C(C#N)=C(N)OC3=C2C(=O)CCC3)cc1Br. The Morgan fingerprint density at radius 2 is 2.32 bits per heavy atom. The zero-order valence-electron chi connectivity index (χ0n) is 12.1. The van der Waals surface area contributed by atoms with Crippen molar-refractivity contribution in [3.05, 3.63) is 43.1 Å². The monoisotopic (exact) mass is 378 g/mol. The zero-order valence-corrected chi connectivity index (χ0v) is 14.5. The van der Waals surface area contributed by atoms with E-state index in [4.69, 9.17) is 10.5 Å². The first-order valence-corrected chi connectivity index (χ1v) is 8.79. The molecule has 0 aromatic carbocycles. The highest BCUT2D eigenvalue weighted by Crippen LogP contribution is 2.46. The summed E-state index contributed by atoms with van der Waals surface area (Å²) in [6.07, 6.45) is 2.87. The van der Waals surface area contributed by atoms with Gasteiger partial charge < -0.3 is 10.5 Å². The molecule has 0 radical (unpaired) electrons. The smallest absolute Gasteiger partial charge is 0.205 e. The van der Waals surface area contributed by atoms with Gasteiger partial charge in [0.1, 0.15) is 17.4 Å². The van der Waals surface area contributed by atoms with E-state index in [2.05, 4.69) is 28.9 Å². The molecule has 22 heavy (non-hydrogen) atoms. The number of thiophene rings is 1. The summed E-state index contributed by atoms with van der Waals surface area (Å²) in [6.45, 7) is 2.08. The van der Waals surface area contributed by atoms with Crippen LogP contribution in [0.15, 0.2) is 33.3 Å². The predicted octanol–water partition coefficient (Wildman–Crippen LogP) is 3.89. The number of ether oxygens (including phenoxy) is 1. The van der Waals surface area contributed by atoms with E-state index in [-0.39, 0.29) is 17.6 Å². The van der Waals surface area contributed by atoms with Crippen molar-refractivity contribution in [3.8, 4) is 6.07 Å². The molecule has 1 aromatic heterocycles. The number of rotatable bonds is 2. The summed E-state index contributed by atoms with van der Waals surface area (Å²) in [4.78, 5) is 14.6. The van der Waals surface area contributed by atoms with Gasteiger partial charge in [0.25, 0.3) is 0 Å². The highest BCUT2D eigenvalue weighted by Gasteiger charge is 2.38. The molecular formula is C16H15BrN2O2S. The van der Waals surface area contributed by atoms with E-state index in [9.17, 15) is 10.1 Å². The molecule has 2 aliphatic rings. The first kappa shape index (κ1) is 15.3. The largest absolute Gasteiger partial charge is 0.444 e. The molecule has 1 aromatic rings. The molecule has 2 N–H and O–H groups in total. The van der Waals surface area contributed by atoms with Crippen LogP contribution in [0.5, 0.6) is 0 Å². The maximum absolute atomic E-state index is 12.4.